The molecule has 0 bridgehead atoms. The van der Waals surface area contributed by atoms with Crippen LogP contribution in [0.2, 0.25) is 0 Å². The van der Waals surface area contributed by atoms with E-state index in [1.165, 1.54) is 0 Å². The molecule has 92 valence electrons. The number of halogens is 1. The monoisotopic (exact) mass is 238 g/mol. The van der Waals surface area contributed by atoms with Gasteiger partial charge in [0.1, 0.15) is 0 Å². The highest BCUT2D eigenvalue weighted by atomic mass is 35.5. The van der Waals surface area contributed by atoms with Crippen LogP contribution in [0.5, 0.6) is 0 Å². The molecule has 0 aliphatic carbocycles. The number of carbonyl (C=O) groups excluding carboxylic acids is 1. The first-order valence-electron chi connectivity index (χ1n) is 5.00. The van der Waals surface area contributed by atoms with E-state index in [9.17, 15) is 9.90 Å². The largest absolute Gasteiger partial charge is 0.391 e. The average molecular weight is 239 g/mol. The number of rotatable bonds is 5. The van der Waals surface area contributed by atoms with Crippen LogP contribution in [0.4, 0.5) is 0 Å². The zero-order valence-corrected chi connectivity index (χ0v) is 10.6. The zero-order valence-electron chi connectivity index (χ0n) is 9.75. The fourth-order valence-corrected chi connectivity index (χ4v) is 1.23. The summed E-state index contributed by atoms with van der Waals surface area (Å²) in [5, 5.41) is 12.2. The summed E-state index contributed by atoms with van der Waals surface area (Å²) >= 11 is 0. The molecule has 0 radical (unpaired) electrons. The molecular weight excluding hydrogens is 216 g/mol. The third kappa shape index (κ3) is 11.6. The van der Waals surface area contributed by atoms with Gasteiger partial charge in [0.15, 0.2) is 0 Å². The molecule has 1 atom stereocenters. The van der Waals surface area contributed by atoms with E-state index in [2.05, 4.69) is 26.1 Å². The molecule has 0 aromatic rings. The summed E-state index contributed by atoms with van der Waals surface area (Å²) in [6.07, 6.45) is 0.523. The van der Waals surface area contributed by atoms with Crippen molar-refractivity contribution in [1.29, 1.82) is 0 Å². The predicted octanol–water partition coefficient (Wildman–Crippen LogP) is 0.670. The molecule has 1 unspecified atom stereocenters. The highest BCUT2D eigenvalue weighted by molar-refractivity contribution is 5.85. The van der Waals surface area contributed by atoms with Crippen molar-refractivity contribution in [2.24, 2.45) is 11.1 Å². The van der Waals surface area contributed by atoms with Gasteiger partial charge < -0.3 is 16.2 Å². The minimum atomic E-state index is -0.475. The molecule has 15 heavy (non-hydrogen) atoms. The number of aliphatic hydroxyl groups excluding tert-OH is 1. The number of hydrogen-bond acceptors (Lipinski definition) is 3. The normalized spacial score (nSPS) is 12.9. The smallest absolute Gasteiger partial charge is 0.221 e. The van der Waals surface area contributed by atoms with Gasteiger partial charge in [0.2, 0.25) is 5.91 Å². The zero-order chi connectivity index (χ0) is 11.2. The minimum Gasteiger partial charge on any atom is -0.391 e. The lowest BCUT2D eigenvalue weighted by molar-refractivity contribution is -0.121. The van der Waals surface area contributed by atoms with E-state index in [1.54, 1.807) is 0 Å². The third-order valence-electron chi connectivity index (χ3n) is 1.75. The van der Waals surface area contributed by atoms with E-state index in [4.69, 9.17) is 5.73 Å². The van der Waals surface area contributed by atoms with Gasteiger partial charge in [-0.3, -0.25) is 4.79 Å². The molecule has 0 spiro atoms. The first-order chi connectivity index (χ1) is 6.35. The molecule has 5 heteroatoms. The Morgan fingerprint density at radius 3 is 2.40 bits per heavy atom. The van der Waals surface area contributed by atoms with Crippen molar-refractivity contribution in [2.45, 2.75) is 39.7 Å². The highest BCUT2D eigenvalue weighted by Gasteiger charge is 2.16. The lowest BCUT2D eigenvalue weighted by Gasteiger charge is -2.22. The molecule has 1 amide bonds. The van der Waals surface area contributed by atoms with Crippen LogP contribution in [0.15, 0.2) is 0 Å². The maximum absolute atomic E-state index is 11.0. The second-order valence-corrected chi connectivity index (χ2v) is 4.76. The van der Waals surface area contributed by atoms with Crippen molar-refractivity contribution in [3.8, 4) is 0 Å². The quantitative estimate of drug-likeness (QED) is 0.659. The summed E-state index contributed by atoms with van der Waals surface area (Å²) in [6.45, 7) is 6.82. The van der Waals surface area contributed by atoms with Crippen molar-refractivity contribution in [1.82, 2.24) is 5.32 Å². The highest BCUT2D eigenvalue weighted by Crippen LogP contribution is 2.20. The summed E-state index contributed by atoms with van der Waals surface area (Å²) in [4.78, 5) is 11.0. The molecule has 4 N–H and O–H groups in total. The van der Waals surface area contributed by atoms with Gasteiger partial charge in [-0.2, -0.15) is 0 Å². The molecule has 0 saturated heterocycles. The Morgan fingerprint density at radius 2 is 2.00 bits per heavy atom. The second-order valence-electron chi connectivity index (χ2n) is 4.76. The molecule has 0 heterocycles. The fourth-order valence-electron chi connectivity index (χ4n) is 1.23. The number of aliphatic hydroxyl groups is 1. The number of amides is 1. The fraction of sp³-hybridized carbons (Fsp3) is 0.900. The van der Waals surface area contributed by atoms with Crippen LogP contribution in [0.3, 0.4) is 0 Å². The molecule has 0 aliphatic rings. The van der Waals surface area contributed by atoms with E-state index in [0.717, 1.165) is 0 Å². The summed E-state index contributed by atoms with van der Waals surface area (Å²) in [5.41, 5.74) is 5.30. The summed E-state index contributed by atoms with van der Waals surface area (Å²) in [5.74, 6) is -0.0968. The molecule has 0 aromatic carbocycles. The topological polar surface area (TPSA) is 75.3 Å². The Kier molecular flexibility index (Phi) is 9.01. The number of hydrogen-bond donors (Lipinski definition) is 3. The number of carbonyl (C=O) groups is 1. The van der Waals surface area contributed by atoms with E-state index in [-0.39, 0.29) is 23.7 Å². The van der Waals surface area contributed by atoms with Crippen LogP contribution in [0.1, 0.15) is 33.6 Å². The summed E-state index contributed by atoms with van der Waals surface area (Å²) in [7, 11) is 0. The Morgan fingerprint density at radius 1 is 1.47 bits per heavy atom. The lowest BCUT2D eigenvalue weighted by atomic mass is 9.89. The van der Waals surface area contributed by atoms with E-state index >= 15 is 0 Å². The van der Waals surface area contributed by atoms with Crippen molar-refractivity contribution in [2.75, 3.05) is 13.1 Å². The first kappa shape index (κ1) is 17.1. The summed E-state index contributed by atoms with van der Waals surface area (Å²) in [6, 6.07) is 0. The lowest BCUT2D eigenvalue weighted by Crippen LogP contribution is -2.34. The average Bonchev–Trinajstić information content (AvgIpc) is 1.98. The Bertz CT molecular complexity index is 181. The Hall–Kier alpha value is -0.320. The van der Waals surface area contributed by atoms with Crippen molar-refractivity contribution < 1.29 is 9.90 Å². The van der Waals surface area contributed by atoms with Crippen LogP contribution in [-0.2, 0) is 4.79 Å². The Balaban J connectivity index is 0. The molecule has 0 aromatic heterocycles. The van der Waals surface area contributed by atoms with Crippen LogP contribution >= 0.6 is 12.4 Å². The second kappa shape index (κ2) is 7.91. The van der Waals surface area contributed by atoms with Gasteiger partial charge in [-0.05, 0) is 11.8 Å². The van der Waals surface area contributed by atoms with Gasteiger partial charge in [-0.15, -0.1) is 12.4 Å². The van der Waals surface area contributed by atoms with Gasteiger partial charge >= 0.3 is 0 Å². The van der Waals surface area contributed by atoms with Crippen molar-refractivity contribution in [3.05, 3.63) is 0 Å². The maximum Gasteiger partial charge on any atom is 0.221 e. The van der Waals surface area contributed by atoms with Gasteiger partial charge in [0.25, 0.3) is 0 Å². The SMILES string of the molecule is CC(C)(C)CC(O)CNC(=O)CCN.Cl. The molecule has 0 saturated carbocycles. The summed E-state index contributed by atoms with van der Waals surface area (Å²) < 4.78 is 0. The van der Waals surface area contributed by atoms with Crippen LogP contribution < -0.4 is 11.1 Å². The van der Waals surface area contributed by atoms with Gasteiger partial charge in [0.05, 0.1) is 6.10 Å². The van der Waals surface area contributed by atoms with Gasteiger partial charge in [-0.25, -0.2) is 0 Å². The third-order valence-corrected chi connectivity index (χ3v) is 1.75. The maximum atomic E-state index is 11.0. The number of nitrogens with two attached hydrogens (primary N) is 1. The van der Waals surface area contributed by atoms with Crippen LogP contribution in [0.25, 0.3) is 0 Å². The predicted molar refractivity (Wildman–Crippen MR) is 64.0 cm³/mol. The molecule has 4 nitrogen and oxygen atoms in total. The van der Waals surface area contributed by atoms with Gasteiger partial charge in [-0.1, -0.05) is 20.8 Å². The molecular formula is C10H23ClN2O2. The van der Waals surface area contributed by atoms with Crippen LogP contribution in [0, 0.1) is 5.41 Å². The molecule has 0 aliphatic heterocycles. The minimum absolute atomic E-state index is 0. The van der Waals surface area contributed by atoms with Crippen molar-refractivity contribution >= 4 is 18.3 Å². The van der Waals surface area contributed by atoms with E-state index in [0.29, 0.717) is 25.9 Å². The van der Waals surface area contributed by atoms with E-state index < -0.39 is 6.10 Å². The van der Waals surface area contributed by atoms with Crippen molar-refractivity contribution in [3.63, 3.8) is 0 Å². The molecule has 0 fully saturated rings. The van der Waals surface area contributed by atoms with E-state index in [1.807, 2.05) is 0 Å². The molecule has 0 rings (SSSR count). The number of nitrogens with one attached hydrogen (secondary N) is 1. The van der Waals surface area contributed by atoms with Crippen LogP contribution in [-0.4, -0.2) is 30.2 Å². The standard InChI is InChI=1S/C10H22N2O2.ClH/c1-10(2,3)6-8(13)7-12-9(14)4-5-11;/h8,13H,4-7,11H2,1-3H3,(H,12,14);1H. The first-order valence-corrected chi connectivity index (χ1v) is 5.00. The Labute approximate surface area is 98.0 Å². The van der Waals surface area contributed by atoms with Gasteiger partial charge in [0, 0.05) is 19.5 Å².